The van der Waals surface area contributed by atoms with Gasteiger partial charge in [0.1, 0.15) is 9.21 Å². The first-order valence-corrected chi connectivity index (χ1v) is 5.60. The number of nitrogens with one attached hydrogen (secondary N) is 2. The largest absolute Gasteiger partial charge is 0.314 e. The fourth-order valence-corrected chi connectivity index (χ4v) is 2.61. The number of halogens is 3. The molecular weight excluding hydrogens is 370 g/mol. The zero-order valence-electron chi connectivity index (χ0n) is 5.99. The number of aromatic amines is 2. The van der Waals surface area contributed by atoms with E-state index in [2.05, 4.69) is 63.0 Å². The van der Waals surface area contributed by atoms with Gasteiger partial charge in [-0.2, -0.15) is 5.10 Å². The highest BCUT2D eigenvalue weighted by Gasteiger charge is 2.12. The van der Waals surface area contributed by atoms with E-state index in [9.17, 15) is 4.79 Å². The summed E-state index contributed by atoms with van der Waals surface area (Å²) in [7, 11) is 0. The van der Waals surface area contributed by atoms with Gasteiger partial charge in [-0.3, -0.25) is 9.89 Å². The van der Waals surface area contributed by atoms with E-state index in [0.29, 0.717) is 14.7 Å². The maximum Gasteiger partial charge on any atom is 0.277 e. The summed E-state index contributed by atoms with van der Waals surface area (Å²) < 4.78 is 2.05. The molecule has 2 aromatic heterocycles. The number of aromatic nitrogens is 3. The van der Waals surface area contributed by atoms with Crippen molar-refractivity contribution >= 4 is 58.7 Å². The Morgan fingerprint density at radius 1 is 1.15 bits per heavy atom. The summed E-state index contributed by atoms with van der Waals surface area (Å²) in [5.74, 6) is 0. The van der Waals surface area contributed by atoms with E-state index in [0.717, 1.165) is 9.86 Å². The minimum atomic E-state index is -0.230. The molecule has 7 heteroatoms. The van der Waals surface area contributed by atoms with E-state index in [4.69, 9.17) is 0 Å². The number of pyridine rings is 1. The number of hydrogen-bond acceptors (Lipinski definition) is 2. The lowest BCUT2D eigenvalue weighted by atomic mass is 10.3. The third kappa shape index (κ3) is 1.38. The molecule has 2 N–H and O–H groups in total. The van der Waals surface area contributed by atoms with Crippen LogP contribution in [0.2, 0.25) is 0 Å². The van der Waals surface area contributed by atoms with Crippen molar-refractivity contribution in [2.75, 3.05) is 0 Å². The predicted molar refractivity (Wildman–Crippen MR) is 59.8 cm³/mol. The molecule has 0 bridgehead atoms. The highest BCUT2D eigenvalue weighted by Crippen LogP contribution is 2.31. The number of rotatable bonds is 0. The summed E-state index contributed by atoms with van der Waals surface area (Å²) >= 11 is 9.82. The molecule has 2 rings (SSSR count). The Balaban J connectivity index is 3.10. The first-order valence-electron chi connectivity index (χ1n) is 3.22. The smallest absolute Gasteiger partial charge is 0.277 e. The SMILES string of the molecule is O=c1[nH]c(Br)c(Br)c2c(Br)[nH]nc12. The lowest BCUT2D eigenvalue weighted by Crippen LogP contribution is -2.06. The second kappa shape index (κ2) is 3.21. The van der Waals surface area contributed by atoms with Crippen LogP contribution in [0, 0.1) is 0 Å². The quantitative estimate of drug-likeness (QED) is 0.699. The van der Waals surface area contributed by atoms with Gasteiger partial charge in [0, 0.05) is 0 Å². The molecular formula is C6H2Br3N3O. The molecule has 0 aromatic carbocycles. The van der Waals surface area contributed by atoms with Gasteiger partial charge in [0.05, 0.1) is 9.86 Å². The maximum atomic E-state index is 11.4. The molecule has 0 fully saturated rings. The molecule has 0 spiro atoms. The second-order valence-electron chi connectivity index (χ2n) is 2.34. The van der Waals surface area contributed by atoms with Crippen molar-refractivity contribution in [3.63, 3.8) is 0 Å². The van der Waals surface area contributed by atoms with Gasteiger partial charge in [0.15, 0.2) is 5.52 Å². The molecule has 68 valence electrons. The third-order valence-electron chi connectivity index (χ3n) is 1.57. The van der Waals surface area contributed by atoms with Gasteiger partial charge in [-0.1, -0.05) is 0 Å². The summed E-state index contributed by atoms with van der Waals surface area (Å²) in [5, 5.41) is 7.27. The molecule has 0 unspecified atom stereocenters. The van der Waals surface area contributed by atoms with Gasteiger partial charge < -0.3 is 4.98 Å². The standard InChI is InChI=1S/C6H2Br3N3O/c7-2-1-3(11-12-4(1)8)6(13)10-5(2)9/h(H,10,13)(H,11,12). The molecule has 0 saturated carbocycles. The molecule has 13 heavy (non-hydrogen) atoms. The molecule has 0 amide bonds. The Kier molecular flexibility index (Phi) is 2.33. The predicted octanol–water partition coefficient (Wildman–Crippen LogP) is 2.54. The Morgan fingerprint density at radius 2 is 1.85 bits per heavy atom. The van der Waals surface area contributed by atoms with E-state index >= 15 is 0 Å². The van der Waals surface area contributed by atoms with Crippen LogP contribution in [-0.2, 0) is 0 Å². The second-order valence-corrected chi connectivity index (χ2v) is 4.72. The van der Waals surface area contributed by atoms with E-state index in [1.165, 1.54) is 0 Å². The zero-order chi connectivity index (χ0) is 9.59. The topological polar surface area (TPSA) is 61.5 Å². The van der Waals surface area contributed by atoms with Gasteiger partial charge in [0.25, 0.3) is 5.56 Å². The summed E-state index contributed by atoms with van der Waals surface area (Å²) in [4.78, 5) is 14.0. The summed E-state index contributed by atoms with van der Waals surface area (Å²) in [6.45, 7) is 0. The first-order chi connectivity index (χ1) is 6.11. The van der Waals surface area contributed by atoms with Gasteiger partial charge >= 0.3 is 0 Å². The van der Waals surface area contributed by atoms with Gasteiger partial charge in [-0.05, 0) is 47.8 Å². The molecule has 0 aliphatic rings. The lowest BCUT2D eigenvalue weighted by Gasteiger charge is -1.96. The van der Waals surface area contributed by atoms with E-state index in [-0.39, 0.29) is 5.56 Å². The molecule has 0 saturated heterocycles. The van der Waals surface area contributed by atoms with Crippen LogP contribution in [0.5, 0.6) is 0 Å². The molecule has 0 atom stereocenters. The summed E-state index contributed by atoms with van der Waals surface area (Å²) in [6.07, 6.45) is 0. The van der Waals surface area contributed by atoms with Crippen molar-refractivity contribution in [3.05, 3.63) is 24.0 Å². The van der Waals surface area contributed by atoms with Crippen LogP contribution < -0.4 is 5.56 Å². The lowest BCUT2D eigenvalue weighted by molar-refractivity contribution is 1.08. The number of H-pyrrole nitrogens is 2. The van der Waals surface area contributed by atoms with Crippen LogP contribution in [0.3, 0.4) is 0 Å². The normalized spacial score (nSPS) is 11.0. The summed E-state index contributed by atoms with van der Waals surface area (Å²) in [6, 6.07) is 0. The van der Waals surface area contributed by atoms with Gasteiger partial charge in [-0.15, -0.1) is 0 Å². The molecule has 0 aliphatic heterocycles. The number of fused-ring (bicyclic) bond motifs is 1. The van der Waals surface area contributed by atoms with Crippen LogP contribution in [0.15, 0.2) is 18.5 Å². The van der Waals surface area contributed by atoms with Crippen LogP contribution in [0.4, 0.5) is 0 Å². The number of nitrogens with zero attached hydrogens (tertiary/aromatic N) is 1. The van der Waals surface area contributed by atoms with Crippen molar-refractivity contribution in [2.45, 2.75) is 0 Å². The zero-order valence-corrected chi connectivity index (χ0v) is 10.7. The van der Waals surface area contributed by atoms with E-state index in [1.54, 1.807) is 0 Å². The maximum absolute atomic E-state index is 11.4. The van der Waals surface area contributed by atoms with E-state index < -0.39 is 0 Å². The van der Waals surface area contributed by atoms with Crippen molar-refractivity contribution in [3.8, 4) is 0 Å². The molecule has 2 heterocycles. The first kappa shape index (κ1) is 9.42. The van der Waals surface area contributed by atoms with Gasteiger partial charge in [0.2, 0.25) is 0 Å². The minimum Gasteiger partial charge on any atom is -0.314 e. The highest BCUT2D eigenvalue weighted by atomic mass is 79.9. The molecule has 4 nitrogen and oxygen atoms in total. The van der Waals surface area contributed by atoms with Crippen molar-refractivity contribution in [1.29, 1.82) is 0 Å². The Morgan fingerprint density at radius 3 is 2.54 bits per heavy atom. The minimum absolute atomic E-state index is 0.230. The molecule has 2 aromatic rings. The third-order valence-corrected chi connectivity index (χ3v) is 4.07. The molecule has 0 aliphatic carbocycles. The Bertz CT molecular complexity index is 530. The molecule has 0 radical (unpaired) electrons. The fourth-order valence-electron chi connectivity index (χ4n) is 1.01. The monoisotopic (exact) mass is 369 g/mol. The van der Waals surface area contributed by atoms with Gasteiger partial charge in [-0.25, -0.2) is 0 Å². The fraction of sp³-hybridized carbons (Fsp3) is 0. The van der Waals surface area contributed by atoms with Crippen molar-refractivity contribution in [1.82, 2.24) is 15.2 Å². The Hall–Kier alpha value is -0.140. The van der Waals surface area contributed by atoms with Crippen LogP contribution in [-0.4, -0.2) is 15.2 Å². The highest BCUT2D eigenvalue weighted by molar-refractivity contribution is 9.13. The Labute approximate surface area is 97.5 Å². The van der Waals surface area contributed by atoms with Crippen LogP contribution in [0.25, 0.3) is 10.9 Å². The van der Waals surface area contributed by atoms with Crippen molar-refractivity contribution < 1.29 is 0 Å². The van der Waals surface area contributed by atoms with Crippen LogP contribution in [0.1, 0.15) is 0 Å². The van der Waals surface area contributed by atoms with Crippen molar-refractivity contribution in [2.24, 2.45) is 0 Å². The summed E-state index contributed by atoms with van der Waals surface area (Å²) in [5.41, 5.74) is 0.147. The average molecular weight is 372 g/mol. The number of hydrogen-bond donors (Lipinski definition) is 2. The van der Waals surface area contributed by atoms with E-state index in [1.807, 2.05) is 0 Å². The van der Waals surface area contributed by atoms with Crippen LogP contribution >= 0.6 is 47.8 Å². The average Bonchev–Trinajstić information content (AvgIpc) is 2.44.